The van der Waals surface area contributed by atoms with Crippen molar-refractivity contribution in [3.63, 3.8) is 0 Å². The fraction of sp³-hybridized carbons (Fsp3) is 0.333. The Balaban J connectivity index is 2.07. The maximum absolute atomic E-state index is 12.8. The Bertz CT molecular complexity index is 599. The molecule has 0 amide bonds. The average Bonchev–Trinajstić information content (AvgIpc) is 2.48. The highest BCUT2D eigenvalue weighted by Gasteiger charge is 2.33. The van der Waals surface area contributed by atoms with Crippen molar-refractivity contribution in [1.82, 2.24) is 9.97 Å². The molecule has 0 saturated heterocycles. The van der Waals surface area contributed by atoms with Crippen LogP contribution in [0.2, 0.25) is 0 Å². The molecule has 0 radical (unpaired) electrons. The number of alkyl halides is 3. The summed E-state index contributed by atoms with van der Waals surface area (Å²) in [4.78, 5) is 7.51. The summed E-state index contributed by atoms with van der Waals surface area (Å²) >= 11 is 0. The van der Waals surface area contributed by atoms with Crippen molar-refractivity contribution in [3.8, 4) is 0 Å². The van der Waals surface area contributed by atoms with E-state index < -0.39 is 11.9 Å². The zero-order valence-electron chi connectivity index (χ0n) is 12.1. The lowest BCUT2D eigenvalue weighted by molar-refractivity contribution is -0.141. The number of rotatable bonds is 6. The van der Waals surface area contributed by atoms with Crippen LogP contribution in [0.25, 0.3) is 0 Å². The lowest BCUT2D eigenvalue weighted by Crippen LogP contribution is -2.15. The van der Waals surface area contributed by atoms with E-state index in [0.717, 1.165) is 11.6 Å². The maximum atomic E-state index is 12.8. The predicted molar refractivity (Wildman–Crippen MR) is 79.8 cm³/mol. The molecule has 4 nitrogen and oxygen atoms in total. The van der Waals surface area contributed by atoms with E-state index in [1.165, 1.54) is 0 Å². The van der Waals surface area contributed by atoms with E-state index in [0.29, 0.717) is 19.5 Å². The van der Waals surface area contributed by atoms with Gasteiger partial charge in [0.05, 0.1) is 0 Å². The van der Waals surface area contributed by atoms with Gasteiger partial charge in [-0.15, -0.1) is 0 Å². The van der Waals surface area contributed by atoms with Crippen LogP contribution in [0.1, 0.15) is 18.2 Å². The summed E-state index contributed by atoms with van der Waals surface area (Å²) in [5.41, 5.74) is 0.146. The first kappa shape index (κ1) is 16.1. The number of nitrogens with one attached hydrogen (secondary N) is 2. The van der Waals surface area contributed by atoms with Crippen molar-refractivity contribution >= 4 is 11.8 Å². The summed E-state index contributed by atoms with van der Waals surface area (Å²) in [6.07, 6.45) is -3.80. The molecule has 0 aliphatic carbocycles. The van der Waals surface area contributed by atoms with E-state index >= 15 is 0 Å². The van der Waals surface area contributed by atoms with Crippen LogP contribution in [-0.4, -0.2) is 23.1 Å². The summed E-state index contributed by atoms with van der Waals surface area (Å²) in [5, 5.41) is 5.62. The van der Waals surface area contributed by atoms with Gasteiger partial charge in [-0.25, -0.2) is 4.98 Å². The molecular formula is C15H17F3N4. The Morgan fingerprint density at radius 1 is 1.05 bits per heavy atom. The van der Waals surface area contributed by atoms with Gasteiger partial charge in [0.25, 0.3) is 0 Å². The first-order chi connectivity index (χ1) is 10.5. The van der Waals surface area contributed by atoms with Gasteiger partial charge < -0.3 is 10.6 Å². The van der Waals surface area contributed by atoms with Gasteiger partial charge in [0.1, 0.15) is 5.82 Å². The normalized spacial score (nSPS) is 11.3. The molecule has 7 heteroatoms. The largest absolute Gasteiger partial charge is 0.433 e. The van der Waals surface area contributed by atoms with Crippen LogP contribution in [0.3, 0.4) is 0 Å². The van der Waals surface area contributed by atoms with Crippen molar-refractivity contribution in [2.45, 2.75) is 19.5 Å². The molecule has 0 aliphatic rings. The fourth-order valence-corrected chi connectivity index (χ4v) is 1.90. The number of anilines is 2. The third-order valence-electron chi connectivity index (χ3n) is 2.91. The quantitative estimate of drug-likeness (QED) is 0.856. The van der Waals surface area contributed by atoms with Crippen LogP contribution in [-0.2, 0) is 12.6 Å². The van der Waals surface area contributed by atoms with Gasteiger partial charge in [-0.1, -0.05) is 30.3 Å². The molecular weight excluding hydrogens is 293 g/mol. The molecule has 0 atom stereocenters. The Kier molecular flexibility index (Phi) is 5.19. The lowest BCUT2D eigenvalue weighted by Gasteiger charge is -2.12. The van der Waals surface area contributed by atoms with Gasteiger partial charge in [-0.3, -0.25) is 0 Å². The van der Waals surface area contributed by atoms with E-state index in [4.69, 9.17) is 0 Å². The van der Waals surface area contributed by atoms with Crippen molar-refractivity contribution in [3.05, 3.63) is 47.7 Å². The summed E-state index contributed by atoms with van der Waals surface area (Å²) < 4.78 is 38.5. The number of hydrogen-bond acceptors (Lipinski definition) is 4. The smallest absolute Gasteiger partial charge is 0.370 e. The number of nitrogens with zero attached hydrogens (tertiary/aromatic N) is 2. The highest BCUT2D eigenvalue weighted by Crippen LogP contribution is 2.29. The van der Waals surface area contributed by atoms with Crippen LogP contribution in [0, 0.1) is 0 Å². The van der Waals surface area contributed by atoms with Gasteiger partial charge in [-0.2, -0.15) is 18.2 Å². The van der Waals surface area contributed by atoms with Crippen molar-refractivity contribution in [1.29, 1.82) is 0 Å². The highest BCUT2D eigenvalue weighted by atomic mass is 19.4. The third kappa shape index (κ3) is 4.61. The van der Waals surface area contributed by atoms with Crippen LogP contribution in [0.5, 0.6) is 0 Å². The van der Waals surface area contributed by atoms with Crippen LogP contribution >= 0.6 is 0 Å². The molecule has 0 aliphatic heterocycles. The molecule has 0 bridgehead atoms. The Labute approximate surface area is 126 Å². The molecule has 0 fully saturated rings. The highest BCUT2D eigenvalue weighted by molar-refractivity contribution is 5.43. The number of hydrogen-bond donors (Lipinski definition) is 2. The van der Waals surface area contributed by atoms with Gasteiger partial charge in [-0.05, 0) is 18.9 Å². The predicted octanol–water partition coefficient (Wildman–Crippen LogP) is 3.58. The standard InChI is InChI=1S/C15H17F3N4/c1-2-19-14-21-12(15(16,17)18)10-13(22-14)20-9-8-11-6-4-3-5-7-11/h3-7,10H,2,8-9H2,1H3,(H2,19,20,21,22). The van der Waals surface area contributed by atoms with E-state index in [9.17, 15) is 13.2 Å². The summed E-state index contributed by atoms with van der Waals surface area (Å²) in [7, 11) is 0. The minimum Gasteiger partial charge on any atom is -0.370 e. The SMILES string of the molecule is CCNc1nc(NCCc2ccccc2)cc(C(F)(F)F)n1. The summed E-state index contributed by atoms with van der Waals surface area (Å²) in [6.45, 7) is 2.71. The van der Waals surface area contributed by atoms with Gasteiger partial charge in [0.15, 0.2) is 5.69 Å². The van der Waals surface area contributed by atoms with Crippen molar-refractivity contribution < 1.29 is 13.2 Å². The molecule has 22 heavy (non-hydrogen) atoms. The number of aromatic nitrogens is 2. The second-order valence-corrected chi connectivity index (χ2v) is 4.65. The van der Waals surface area contributed by atoms with E-state index in [-0.39, 0.29) is 11.8 Å². The minimum atomic E-state index is -4.50. The number of halogens is 3. The maximum Gasteiger partial charge on any atom is 0.433 e. The minimum absolute atomic E-state index is 0.0282. The second kappa shape index (κ2) is 7.11. The molecule has 1 aromatic heterocycles. The summed E-state index contributed by atoms with van der Waals surface area (Å²) in [6, 6.07) is 10.6. The topological polar surface area (TPSA) is 49.8 Å². The fourth-order valence-electron chi connectivity index (χ4n) is 1.90. The first-order valence-corrected chi connectivity index (χ1v) is 6.97. The van der Waals surface area contributed by atoms with Crippen LogP contribution in [0.15, 0.2) is 36.4 Å². The Morgan fingerprint density at radius 2 is 1.77 bits per heavy atom. The lowest BCUT2D eigenvalue weighted by atomic mass is 10.1. The van der Waals surface area contributed by atoms with E-state index in [1.54, 1.807) is 6.92 Å². The molecule has 2 N–H and O–H groups in total. The second-order valence-electron chi connectivity index (χ2n) is 4.65. The third-order valence-corrected chi connectivity index (χ3v) is 2.91. The Morgan fingerprint density at radius 3 is 2.41 bits per heavy atom. The van der Waals surface area contributed by atoms with Crippen LogP contribution in [0.4, 0.5) is 24.9 Å². The molecule has 1 aromatic carbocycles. The molecule has 0 spiro atoms. The van der Waals surface area contributed by atoms with E-state index in [1.807, 2.05) is 30.3 Å². The van der Waals surface area contributed by atoms with Crippen molar-refractivity contribution in [2.24, 2.45) is 0 Å². The molecule has 118 valence electrons. The van der Waals surface area contributed by atoms with Crippen LogP contribution < -0.4 is 10.6 Å². The molecule has 2 rings (SSSR count). The van der Waals surface area contributed by atoms with E-state index in [2.05, 4.69) is 20.6 Å². The zero-order valence-corrected chi connectivity index (χ0v) is 12.1. The van der Waals surface area contributed by atoms with Gasteiger partial charge >= 0.3 is 6.18 Å². The van der Waals surface area contributed by atoms with Gasteiger partial charge in [0.2, 0.25) is 5.95 Å². The number of benzene rings is 1. The van der Waals surface area contributed by atoms with Gasteiger partial charge in [0, 0.05) is 19.2 Å². The molecule has 0 saturated carbocycles. The molecule has 2 aromatic rings. The monoisotopic (exact) mass is 310 g/mol. The molecule has 1 heterocycles. The first-order valence-electron chi connectivity index (χ1n) is 6.97. The molecule has 0 unspecified atom stereocenters. The Hall–Kier alpha value is -2.31. The van der Waals surface area contributed by atoms with Crippen molar-refractivity contribution in [2.75, 3.05) is 23.7 Å². The average molecular weight is 310 g/mol. The zero-order chi connectivity index (χ0) is 16.0. The summed E-state index contributed by atoms with van der Waals surface area (Å²) in [5.74, 6) is 0.133.